The molecule has 2 heterocycles. The molecule has 2 bridgehead atoms. The maximum absolute atomic E-state index is 12.4. The summed E-state index contributed by atoms with van der Waals surface area (Å²) in [5.41, 5.74) is 1.85. The first-order valence-corrected chi connectivity index (χ1v) is 10.6. The summed E-state index contributed by atoms with van der Waals surface area (Å²) in [6.45, 7) is 0.518. The Morgan fingerprint density at radius 2 is 1.75 bits per heavy atom. The fourth-order valence-corrected chi connectivity index (χ4v) is 5.07. The number of carbonyl (C=O) groups excluding carboxylic acids is 2. The highest BCUT2D eigenvalue weighted by Crippen LogP contribution is 2.32. The van der Waals surface area contributed by atoms with E-state index in [2.05, 4.69) is 16.0 Å². The monoisotopic (exact) mass is 405 g/mol. The van der Waals surface area contributed by atoms with Crippen molar-refractivity contribution in [1.29, 1.82) is 0 Å². The Morgan fingerprint density at radius 1 is 1.04 bits per heavy atom. The van der Waals surface area contributed by atoms with Gasteiger partial charge in [-0.1, -0.05) is 25.0 Å². The lowest BCUT2D eigenvalue weighted by atomic mass is 9.89. The molecule has 2 atom stereocenters. The average molecular weight is 406 g/mol. The molecule has 5 nitrogen and oxygen atoms in total. The Kier molecular flexibility index (Phi) is 7.36. The van der Waals surface area contributed by atoms with Gasteiger partial charge in [-0.2, -0.15) is 0 Å². The van der Waals surface area contributed by atoms with Crippen LogP contribution in [0.15, 0.2) is 24.3 Å². The van der Waals surface area contributed by atoms with Crippen molar-refractivity contribution < 1.29 is 9.59 Å². The first kappa shape index (κ1) is 21.1. The molecule has 154 valence electrons. The fourth-order valence-electron chi connectivity index (χ4n) is 5.07. The minimum absolute atomic E-state index is 0. The number of hydrogen-bond acceptors (Lipinski definition) is 3. The van der Waals surface area contributed by atoms with Crippen LogP contribution in [0.4, 0.5) is 5.69 Å². The molecule has 2 amide bonds. The van der Waals surface area contributed by atoms with Crippen molar-refractivity contribution in [1.82, 2.24) is 10.6 Å². The van der Waals surface area contributed by atoms with E-state index in [0.29, 0.717) is 31.0 Å². The predicted molar refractivity (Wildman–Crippen MR) is 113 cm³/mol. The van der Waals surface area contributed by atoms with E-state index in [9.17, 15) is 9.59 Å². The zero-order chi connectivity index (χ0) is 18.6. The number of hydrogen-bond donors (Lipinski definition) is 3. The first-order chi connectivity index (χ1) is 13.2. The van der Waals surface area contributed by atoms with Gasteiger partial charge in [0.15, 0.2) is 0 Å². The highest BCUT2D eigenvalue weighted by Gasteiger charge is 2.34. The molecule has 2 unspecified atom stereocenters. The van der Waals surface area contributed by atoms with E-state index >= 15 is 0 Å². The van der Waals surface area contributed by atoms with Crippen LogP contribution in [0.25, 0.3) is 0 Å². The number of amides is 2. The highest BCUT2D eigenvalue weighted by atomic mass is 35.5. The molecule has 2 aliphatic heterocycles. The van der Waals surface area contributed by atoms with Crippen LogP contribution in [0.2, 0.25) is 0 Å². The van der Waals surface area contributed by atoms with E-state index in [1.807, 2.05) is 24.3 Å². The van der Waals surface area contributed by atoms with Crippen molar-refractivity contribution >= 4 is 29.9 Å². The molecule has 6 heteroatoms. The molecular formula is C22H32ClN3O2. The van der Waals surface area contributed by atoms with Crippen LogP contribution in [0.3, 0.4) is 0 Å². The lowest BCUT2D eigenvalue weighted by Gasteiger charge is -2.28. The molecule has 4 rings (SSSR count). The third-order valence-electron chi connectivity index (χ3n) is 6.45. The van der Waals surface area contributed by atoms with Crippen molar-refractivity contribution in [3.8, 4) is 0 Å². The van der Waals surface area contributed by atoms with Crippen molar-refractivity contribution in [2.24, 2.45) is 11.8 Å². The summed E-state index contributed by atoms with van der Waals surface area (Å²) >= 11 is 0. The third-order valence-corrected chi connectivity index (χ3v) is 6.45. The molecule has 2 saturated heterocycles. The lowest BCUT2D eigenvalue weighted by Crippen LogP contribution is -2.39. The van der Waals surface area contributed by atoms with Crippen LogP contribution in [0.5, 0.6) is 0 Å². The number of fused-ring (bicyclic) bond motifs is 2. The van der Waals surface area contributed by atoms with Crippen LogP contribution >= 0.6 is 12.4 Å². The van der Waals surface area contributed by atoms with Gasteiger partial charge in [0.1, 0.15) is 0 Å². The van der Waals surface area contributed by atoms with E-state index < -0.39 is 0 Å². The number of anilines is 1. The number of benzene rings is 1. The largest absolute Gasteiger partial charge is 0.352 e. The standard InChI is InChI=1S/C22H31N3O2.ClH/c26-21(13-16-11-19-8-9-20(12-16)24-19)23-14-15-4-3-7-18(10-15)25-22(27)17-5-1-2-6-17;/h3-4,7,10,16-17,19-20,24H,1-2,5-6,8-9,11-14H2,(H,23,26)(H,25,27);1H. The molecule has 1 saturated carbocycles. The van der Waals surface area contributed by atoms with Gasteiger partial charge in [-0.05, 0) is 62.1 Å². The Hall–Kier alpha value is -1.59. The summed E-state index contributed by atoms with van der Waals surface area (Å²) in [6.07, 6.45) is 9.74. The van der Waals surface area contributed by atoms with E-state index in [4.69, 9.17) is 0 Å². The summed E-state index contributed by atoms with van der Waals surface area (Å²) in [6, 6.07) is 9.08. The number of rotatable bonds is 6. The van der Waals surface area contributed by atoms with Gasteiger partial charge in [0.05, 0.1) is 0 Å². The second kappa shape index (κ2) is 9.75. The van der Waals surface area contributed by atoms with Crippen LogP contribution in [0.1, 0.15) is 63.4 Å². The topological polar surface area (TPSA) is 70.2 Å². The number of nitrogens with one attached hydrogen (secondary N) is 3. The van der Waals surface area contributed by atoms with Gasteiger partial charge in [-0.3, -0.25) is 9.59 Å². The van der Waals surface area contributed by atoms with Crippen molar-refractivity contribution in [2.75, 3.05) is 5.32 Å². The van der Waals surface area contributed by atoms with Crippen LogP contribution in [-0.2, 0) is 16.1 Å². The number of halogens is 1. The minimum atomic E-state index is 0. The second-order valence-corrected chi connectivity index (χ2v) is 8.63. The third kappa shape index (κ3) is 5.48. The summed E-state index contributed by atoms with van der Waals surface area (Å²) in [5, 5.41) is 9.72. The highest BCUT2D eigenvalue weighted by molar-refractivity contribution is 5.92. The predicted octanol–water partition coefficient (Wildman–Crippen LogP) is 3.77. The summed E-state index contributed by atoms with van der Waals surface area (Å²) < 4.78 is 0. The zero-order valence-corrected chi connectivity index (χ0v) is 17.2. The number of piperidine rings is 1. The molecular weight excluding hydrogens is 374 g/mol. The van der Waals surface area contributed by atoms with Crippen LogP contribution in [-0.4, -0.2) is 23.9 Å². The molecule has 3 fully saturated rings. The van der Waals surface area contributed by atoms with Gasteiger partial charge < -0.3 is 16.0 Å². The lowest BCUT2D eigenvalue weighted by molar-refractivity contribution is -0.122. The van der Waals surface area contributed by atoms with Gasteiger partial charge in [-0.25, -0.2) is 0 Å². The minimum Gasteiger partial charge on any atom is -0.352 e. The Morgan fingerprint density at radius 3 is 2.46 bits per heavy atom. The van der Waals surface area contributed by atoms with E-state index in [1.54, 1.807) is 0 Å². The van der Waals surface area contributed by atoms with E-state index in [-0.39, 0.29) is 30.1 Å². The quantitative estimate of drug-likeness (QED) is 0.674. The molecule has 1 aliphatic carbocycles. The maximum Gasteiger partial charge on any atom is 0.227 e. The Labute approximate surface area is 173 Å². The smallest absolute Gasteiger partial charge is 0.227 e. The van der Waals surface area contributed by atoms with E-state index in [0.717, 1.165) is 49.8 Å². The molecule has 3 N–H and O–H groups in total. The average Bonchev–Trinajstić information content (AvgIpc) is 3.30. The summed E-state index contributed by atoms with van der Waals surface area (Å²) in [7, 11) is 0. The molecule has 1 aromatic carbocycles. The summed E-state index contributed by atoms with van der Waals surface area (Å²) in [5.74, 6) is 0.949. The van der Waals surface area contributed by atoms with Crippen molar-refractivity contribution in [2.45, 2.75) is 76.4 Å². The molecule has 28 heavy (non-hydrogen) atoms. The fraction of sp³-hybridized carbons (Fsp3) is 0.636. The number of carbonyl (C=O) groups is 2. The summed E-state index contributed by atoms with van der Waals surface area (Å²) in [4.78, 5) is 24.6. The zero-order valence-electron chi connectivity index (χ0n) is 16.4. The molecule has 1 aromatic rings. The van der Waals surface area contributed by atoms with Crippen LogP contribution in [0, 0.1) is 11.8 Å². The molecule has 0 radical (unpaired) electrons. The Bertz CT molecular complexity index is 678. The van der Waals surface area contributed by atoms with E-state index in [1.165, 1.54) is 12.8 Å². The van der Waals surface area contributed by atoms with Gasteiger partial charge in [0.2, 0.25) is 11.8 Å². The SMILES string of the molecule is Cl.O=C(CC1CC2CCC(C1)N2)NCc1cccc(NC(=O)C2CCCC2)c1. The molecule has 3 aliphatic rings. The van der Waals surface area contributed by atoms with Gasteiger partial charge in [0.25, 0.3) is 0 Å². The van der Waals surface area contributed by atoms with Gasteiger partial charge in [-0.15, -0.1) is 12.4 Å². The van der Waals surface area contributed by atoms with Gasteiger partial charge >= 0.3 is 0 Å². The normalized spacial score (nSPS) is 26.5. The maximum atomic E-state index is 12.4. The van der Waals surface area contributed by atoms with Crippen LogP contribution < -0.4 is 16.0 Å². The van der Waals surface area contributed by atoms with Gasteiger partial charge in [0, 0.05) is 36.7 Å². The van der Waals surface area contributed by atoms with Crippen molar-refractivity contribution in [3.05, 3.63) is 29.8 Å². The second-order valence-electron chi connectivity index (χ2n) is 8.63. The Balaban J connectivity index is 0.00000225. The first-order valence-electron chi connectivity index (χ1n) is 10.6. The molecule has 0 spiro atoms. The molecule has 0 aromatic heterocycles. The van der Waals surface area contributed by atoms with Crippen molar-refractivity contribution in [3.63, 3.8) is 0 Å².